The van der Waals surface area contributed by atoms with Gasteiger partial charge in [-0.2, -0.15) is 5.01 Å². The number of rotatable bonds is 7. The van der Waals surface area contributed by atoms with E-state index in [1.54, 1.807) is 42.5 Å². The number of allylic oxidation sites excluding steroid dienone is 2. The van der Waals surface area contributed by atoms with Crippen molar-refractivity contribution >= 4 is 41.1 Å². The van der Waals surface area contributed by atoms with Crippen molar-refractivity contribution in [3.63, 3.8) is 0 Å². The second-order valence-corrected chi connectivity index (χ2v) is 9.60. The number of benzene rings is 3. The summed E-state index contributed by atoms with van der Waals surface area (Å²) in [6.45, 7) is -0.572. The number of carbonyl (C=O) groups is 5. The molecule has 0 unspecified atom stereocenters. The highest BCUT2D eigenvalue weighted by Gasteiger charge is 2.51. The van der Waals surface area contributed by atoms with E-state index in [-0.39, 0.29) is 21.9 Å². The van der Waals surface area contributed by atoms with E-state index in [0.717, 1.165) is 10.0 Å². The SMILES string of the molecule is O=C(CN(C(=O)c1ccccc1Cl)N1C(=O)[C@@H]2CC=CC[C@H]2C1=O)c1ccc(OC(=O)c2ccccc2)cc1. The number of halogens is 1. The minimum Gasteiger partial charge on any atom is -0.423 e. The van der Waals surface area contributed by atoms with Gasteiger partial charge >= 0.3 is 5.97 Å². The van der Waals surface area contributed by atoms with Gasteiger partial charge in [0.15, 0.2) is 5.78 Å². The Morgan fingerprint density at radius 3 is 2.00 bits per heavy atom. The number of imide groups is 1. The lowest BCUT2D eigenvalue weighted by molar-refractivity contribution is -0.154. The van der Waals surface area contributed by atoms with Gasteiger partial charge in [-0.1, -0.05) is 54.1 Å². The van der Waals surface area contributed by atoms with Crippen molar-refractivity contribution in [2.24, 2.45) is 11.8 Å². The number of Topliss-reactive ketones (excluding diaryl/α,β-unsaturated/α-hetero) is 1. The Morgan fingerprint density at radius 1 is 0.795 bits per heavy atom. The van der Waals surface area contributed by atoms with Crippen LogP contribution in [0.2, 0.25) is 5.02 Å². The molecule has 9 heteroatoms. The largest absolute Gasteiger partial charge is 0.423 e. The standard InChI is InChI=1S/C30H23ClN2O6/c31-25-13-7-6-12-24(25)27(35)32(33-28(36)22-10-4-5-11-23(22)29(33)37)18-26(34)19-14-16-21(17-15-19)39-30(38)20-8-2-1-3-9-20/h1-9,12-17,22-23H,10-11,18H2/t22-,23-/m1/s1. The van der Waals surface area contributed by atoms with Crippen LogP contribution in [-0.2, 0) is 9.59 Å². The Kier molecular flexibility index (Phi) is 7.38. The quantitative estimate of drug-likeness (QED) is 0.140. The van der Waals surface area contributed by atoms with Crippen molar-refractivity contribution in [2.75, 3.05) is 6.54 Å². The van der Waals surface area contributed by atoms with Gasteiger partial charge in [-0.15, -0.1) is 0 Å². The molecule has 3 amide bonds. The molecule has 1 fully saturated rings. The van der Waals surface area contributed by atoms with Crippen molar-refractivity contribution in [2.45, 2.75) is 12.8 Å². The molecular weight excluding hydrogens is 520 g/mol. The zero-order valence-electron chi connectivity index (χ0n) is 20.7. The molecule has 39 heavy (non-hydrogen) atoms. The van der Waals surface area contributed by atoms with Gasteiger partial charge in [-0.3, -0.25) is 19.2 Å². The summed E-state index contributed by atoms with van der Waals surface area (Å²) >= 11 is 6.25. The number of hydrazine groups is 1. The zero-order valence-corrected chi connectivity index (χ0v) is 21.4. The first-order valence-electron chi connectivity index (χ1n) is 12.3. The van der Waals surface area contributed by atoms with Gasteiger partial charge in [0.2, 0.25) is 0 Å². The maximum absolute atomic E-state index is 13.6. The molecule has 0 saturated carbocycles. The second-order valence-electron chi connectivity index (χ2n) is 9.19. The fraction of sp³-hybridized carbons (Fsp3) is 0.167. The molecule has 5 rings (SSSR count). The van der Waals surface area contributed by atoms with Crippen molar-refractivity contribution in [3.05, 3.63) is 113 Å². The maximum Gasteiger partial charge on any atom is 0.343 e. The van der Waals surface area contributed by atoms with E-state index in [4.69, 9.17) is 16.3 Å². The molecule has 2 atom stereocenters. The predicted octanol–water partition coefficient (Wildman–Crippen LogP) is 4.75. The molecule has 0 spiro atoms. The minimum absolute atomic E-state index is 0.0590. The van der Waals surface area contributed by atoms with Gasteiger partial charge < -0.3 is 4.74 Å². The Bertz CT molecular complexity index is 1460. The normalized spacial score (nSPS) is 18.0. The molecule has 1 heterocycles. The summed E-state index contributed by atoms with van der Waals surface area (Å²) in [5, 5.41) is 1.82. The molecule has 196 valence electrons. The highest BCUT2D eigenvalue weighted by atomic mass is 35.5. The third-order valence-electron chi connectivity index (χ3n) is 6.75. The number of ether oxygens (including phenoxy) is 1. The van der Waals surface area contributed by atoms with E-state index in [9.17, 15) is 24.0 Å². The lowest BCUT2D eigenvalue weighted by Crippen LogP contribution is -2.52. The van der Waals surface area contributed by atoms with E-state index in [1.807, 2.05) is 12.2 Å². The average molecular weight is 543 g/mol. The molecule has 1 aliphatic carbocycles. The highest BCUT2D eigenvalue weighted by Crippen LogP contribution is 2.36. The topological polar surface area (TPSA) is 101 Å². The second kappa shape index (κ2) is 11.0. The molecule has 0 N–H and O–H groups in total. The Labute approximate surface area is 229 Å². The molecule has 0 aromatic heterocycles. The van der Waals surface area contributed by atoms with Crippen LogP contribution in [0, 0.1) is 11.8 Å². The number of nitrogens with zero attached hydrogens (tertiary/aromatic N) is 2. The van der Waals surface area contributed by atoms with Gasteiger partial charge in [0.25, 0.3) is 17.7 Å². The lowest BCUT2D eigenvalue weighted by atomic mass is 9.85. The molecule has 1 aliphatic heterocycles. The molecule has 2 aliphatic rings. The summed E-state index contributed by atoms with van der Waals surface area (Å²) in [6.07, 6.45) is 4.45. The summed E-state index contributed by atoms with van der Waals surface area (Å²) in [7, 11) is 0. The average Bonchev–Trinajstić information content (AvgIpc) is 3.21. The van der Waals surface area contributed by atoms with Gasteiger partial charge in [-0.25, -0.2) is 9.80 Å². The maximum atomic E-state index is 13.6. The number of amides is 3. The number of esters is 1. The smallest absolute Gasteiger partial charge is 0.343 e. The molecule has 0 radical (unpaired) electrons. The molecule has 3 aromatic carbocycles. The van der Waals surface area contributed by atoms with Crippen LogP contribution in [0.3, 0.4) is 0 Å². The summed E-state index contributed by atoms with van der Waals surface area (Å²) in [5.41, 5.74) is 0.635. The predicted molar refractivity (Wildman–Crippen MR) is 142 cm³/mol. The Balaban J connectivity index is 1.38. The highest BCUT2D eigenvalue weighted by molar-refractivity contribution is 6.34. The van der Waals surface area contributed by atoms with Gasteiger partial charge in [0, 0.05) is 5.56 Å². The summed E-state index contributed by atoms with van der Waals surface area (Å²) < 4.78 is 5.36. The van der Waals surface area contributed by atoms with E-state index in [0.29, 0.717) is 18.4 Å². The molecule has 3 aromatic rings. The van der Waals surface area contributed by atoms with Crippen LogP contribution in [0.4, 0.5) is 0 Å². The van der Waals surface area contributed by atoms with E-state index in [1.165, 1.54) is 36.4 Å². The van der Waals surface area contributed by atoms with Crippen LogP contribution in [0.15, 0.2) is 91.0 Å². The van der Waals surface area contributed by atoms with Crippen LogP contribution in [0.25, 0.3) is 0 Å². The number of ketones is 1. The van der Waals surface area contributed by atoms with Crippen LogP contribution in [0.5, 0.6) is 5.75 Å². The zero-order chi connectivity index (χ0) is 27.5. The number of hydrogen-bond acceptors (Lipinski definition) is 6. The minimum atomic E-state index is -0.740. The summed E-state index contributed by atoms with van der Waals surface area (Å²) in [6, 6.07) is 20.5. The third-order valence-corrected chi connectivity index (χ3v) is 7.08. The van der Waals surface area contributed by atoms with Gasteiger partial charge in [-0.05, 0) is 61.4 Å². The van der Waals surface area contributed by atoms with E-state index >= 15 is 0 Å². The van der Waals surface area contributed by atoms with Gasteiger partial charge in [0.1, 0.15) is 12.3 Å². The first-order valence-corrected chi connectivity index (χ1v) is 12.7. The molecule has 0 bridgehead atoms. The van der Waals surface area contributed by atoms with E-state index < -0.39 is 47.9 Å². The molecule has 8 nitrogen and oxygen atoms in total. The monoisotopic (exact) mass is 542 g/mol. The van der Waals surface area contributed by atoms with Crippen LogP contribution < -0.4 is 4.74 Å². The molecule has 1 saturated heterocycles. The number of hydrogen-bond donors (Lipinski definition) is 0. The van der Waals surface area contributed by atoms with Crippen molar-refractivity contribution < 1.29 is 28.7 Å². The van der Waals surface area contributed by atoms with Crippen LogP contribution in [0.1, 0.15) is 43.9 Å². The first kappa shape index (κ1) is 26.1. The van der Waals surface area contributed by atoms with Crippen molar-refractivity contribution in [3.8, 4) is 5.75 Å². The van der Waals surface area contributed by atoms with E-state index in [2.05, 4.69) is 0 Å². The fourth-order valence-electron chi connectivity index (χ4n) is 4.70. The lowest BCUT2D eigenvalue weighted by Gasteiger charge is -2.30. The van der Waals surface area contributed by atoms with Crippen LogP contribution >= 0.6 is 11.6 Å². The Hall–Kier alpha value is -4.56. The fourth-order valence-corrected chi connectivity index (χ4v) is 4.92. The first-order chi connectivity index (χ1) is 18.8. The molecular formula is C30H23ClN2O6. The van der Waals surface area contributed by atoms with Crippen molar-refractivity contribution in [1.82, 2.24) is 10.0 Å². The third kappa shape index (κ3) is 5.24. The number of fused-ring (bicyclic) bond motifs is 1. The van der Waals surface area contributed by atoms with Gasteiger partial charge in [0.05, 0.1) is 28.0 Å². The summed E-state index contributed by atoms with van der Waals surface area (Å²) in [5.74, 6) is -3.80. The number of carbonyl (C=O) groups excluding carboxylic acids is 5. The Morgan fingerprint density at radius 2 is 1.38 bits per heavy atom. The summed E-state index contributed by atoms with van der Waals surface area (Å²) in [4.78, 5) is 65.8. The van der Waals surface area contributed by atoms with Crippen LogP contribution in [-0.4, -0.2) is 46.0 Å². The van der Waals surface area contributed by atoms with Crippen molar-refractivity contribution in [1.29, 1.82) is 0 Å².